The maximum atomic E-state index is 5.86. The molecule has 3 rings (SSSR count). The molecular weight excluding hydrogens is 290 g/mol. The standard InChI is InChI=1S/C18H23N3S/c1-4-13-6-8-14(9-7-13)17-16(10-11-19)21-15(5-2)12(3)22-18(21)20-17/h6-9H,4-5,10-11,19H2,1-3H3. The van der Waals surface area contributed by atoms with Crippen molar-refractivity contribution in [2.75, 3.05) is 6.54 Å². The highest BCUT2D eigenvalue weighted by molar-refractivity contribution is 7.17. The number of benzene rings is 1. The molecule has 0 radical (unpaired) electrons. The molecule has 2 N–H and O–H groups in total. The van der Waals surface area contributed by atoms with Crippen LogP contribution in [0.5, 0.6) is 0 Å². The predicted octanol–water partition coefficient (Wildman–Crippen LogP) is 4.00. The Bertz CT molecular complexity index is 781. The summed E-state index contributed by atoms with van der Waals surface area (Å²) in [5.74, 6) is 0. The summed E-state index contributed by atoms with van der Waals surface area (Å²) in [7, 11) is 0. The van der Waals surface area contributed by atoms with E-state index in [1.807, 2.05) is 0 Å². The first kappa shape index (κ1) is 15.3. The molecule has 22 heavy (non-hydrogen) atoms. The molecule has 0 spiro atoms. The lowest BCUT2D eigenvalue weighted by Gasteiger charge is -2.07. The minimum absolute atomic E-state index is 0.645. The molecule has 116 valence electrons. The van der Waals surface area contributed by atoms with E-state index < -0.39 is 0 Å². The molecule has 0 aliphatic rings. The van der Waals surface area contributed by atoms with Crippen LogP contribution in [0.2, 0.25) is 0 Å². The zero-order valence-electron chi connectivity index (χ0n) is 13.5. The third-order valence-corrected chi connectivity index (χ3v) is 5.21. The van der Waals surface area contributed by atoms with Crippen molar-refractivity contribution in [2.45, 2.75) is 40.0 Å². The van der Waals surface area contributed by atoms with Crippen molar-refractivity contribution < 1.29 is 0 Å². The molecule has 0 saturated carbocycles. The number of rotatable bonds is 5. The van der Waals surface area contributed by atoms with Crippen molar-refractivity contribution in [2.24, 2.45) is 5.73 Å². The zero-order valence-corrected chi connectivity index (χ0v) is 14.3. The summed E-state index contributed by atoms with van der Waals surface area (Å²) in [6.07, 6.45) is 2.94. The van der Waals surface area contributed by atoms with Crippen LogP contribution in [0.3, 0.4) is 0 Å². The van der Waals surface area contributed by atoms with Crippen LogP contribution in [-0.4, -0.2) is 15.9 Å². The monoisotopic (exact) mass is 313 g/mol. The van der Waals surface area contributed by atoms with Gasteiger partial charge in [-0.1, -0.05) is 38.1 Å². The lowest BCUT2D eigenvalue weighted by Crippen LogP contribution is -2.07. The Kier molecular flexibility index (Phi) is 4.32. The summed E-state index contributed by atoms with van der Waals surface area (Å²) in [5.41, 5.74) is 12.1. The second-order valence-corrected chi connectivity index (χ2v) is 6.75. The molecule has 0 bridgehead atoms. The van der Waals surface area contributed by atoms with Crippen molar-refractivity contribution >= 4 is 16.3 Å². The number of hydrogen-bond acceptors (Lipinski definition) is 3. The van der Waals surface area contributed by atoms with E-state index in [0.717, 1.165) is 29.9 Å². The van der Waals surface area contributed by atoms with Crippen molar-refractivity contribution in [3.05, 3.63) is 46.1 Å². The molecule has 0 aliphatic carbocycles. The maximum Gasteiger partial charge on any atom is 0.194 e. The van der Waals surface area contributed by atoms with E-state index in [1.54, 1.807) is 11.3 Å². The molecule has 1 aromatic carbocycles. The van der Waals surface area contributed by atoms with Crippen LogP contribution in [-0.2, 0) is 19.3 Å². The van der Waals surface area contributed by atoms with Crippen molar-refractivity contribution in [1.29, 1.82) is 0 Å². The Labute approximate surface area is 135 Å². The van der Waals surface area contributed by atoms with E-state index >= 15 is 0 Å². The largest absolute Gasteiger partial charge is 0.330 e. The molecule has 4 heteroatoms. The van der Waals surface area contributed by atoms with E-state index in [-0.39, 0.29) is 0 Å². The van der Waals surface area contributed by atoms with E-state index in [1.165, 1.54) is 27.4 Å². The molecule has 3 aromatic rings. The molecular formula is C18H23N3S. The second-order valence-electron chi connectivity index (χ2n) is 5.57. The third-order valence-electron chi connectivity index (χ3n) is 4.21. The van der Waals surface area contributed by atoms with Gasteiger partial charge < -0.3 is 5.73 Å². The number of nitrogens with two attached hydrogens (primary N) is 1. The van der Waals surface area contributed by atoms with Gasteiger partial charge in [-0.15, -0.1) is 11.3 Å². The van der Waals surface area contributed by atoms with Crippen LogP contribution in [0.15, 0.2) is 24.3 Å². The average Bonchev–Trinajstić information content (AvgIpc) is 3.03. The average molecular weight is 313 g/mol. The molecule has 3 nitrogen and oxygen atoms in total. The molecule has 2 heterocycles. The van der Waals surface area contributed by atoms with Crippen LogP contribution in [0.1, 0.15) is 35.7 Å². The number of nitrogens with zero attached hydrogens (tertiary/aromatic N) is 2. The maximum absolute atomic E-state index is 5.86. The summed E-state index contributed by atoms with van der Waals surface area (Å²) in [4.78, 5) is 7.36. The third kappa shape index (κ3) is 2.46. The van der Waals surface area contributed by atoms with E-state index in [9.17, 15) is 0 Å². The molecule has 0 aliphatic heterocycles. The Morgan fingerprint density at radius 2 is 1.82 bits per heavy atom. The van der Waals surface area contributed by atoms with Gasteiger partial charge in [-0.25, -0.2) is 4.98 Å². The zero-order chi connectivity index (χ0) is 15.7. The highest BCUT2D eigenvalue weighted by Gasteiger charge is 2.18. The summed E-state index contributed by atoms with van der Waals surface area (Å²) in [6, 6.07) is 8.76. The van der Waals surface area contributed by atoms with Crippen LogP contribution in [0.4, 0.5) is 0 Å². The van der Waals surface area contributed by atoms with Gasteiger partial charge >= 0.3 is 0 Å². The minimum atomic E-state index is 0.645. The van der Waals surface area contributed by atoms with E-state index in [0.29, 0.717) is 6.54 Å². The molecule has 0 fully saturated rings. The van der Waals surface area contributed by atoms with E-state index in [2.05, 4.69) is 49.4 Å². The highest BCUT2D eigenvalue weighted by atomic mass is 32.1. The first-order valence-electron chi connectivity index (χ1n) is 7.98. The summed E-state index contributed by atoms with van der Waals surface area (Å²) >= 11 is 1.78. The summed E-state index contributed by atoms with van der Waals surface area (Å²) in [5, 5.41) is 0. The quantitative estimate of drug-likeness (QED) is 0.774. The fraction of sp³-hybridized carbons (Fsp3) is 0.389. The highest BCUT2D eigenvalue weighted by Crippen LogP contribution is 2.31. The molecule has 0 amide bonds. The molecule has 0 unspecified atom stereocenters. The number of fused-ring (bicyclic) bond motifs is 1. The Morgan fingerprint density at radius 1 is 1.09 bits per heavy atom. The lowest BCUT2D eigenvalue weighted by atomic mass is 10.1. The van der Waals surface area contributed by atoms with Gasteiger partial charge in [0.2, 0.25) is 0 Å². The van der Waals surface area contributed by atoms with Gasteiger partial charge in [0.15, 0.2) is 4.96 Å². The first-order valence-corrected chi connectivity index (χ1v) is 8.80. The van der Waals surface area contributed by atoms with Crippen LogP contribution in [0, 0.1) is 6.92 Å². The van der Waals surface area contributed by atoms with Crippen molar-refractivity contribution in [1.82, 2.24) is 9.38 Å². The minimum Gasteiger partial charge on any atom is -0.330 e. The van der Waals surface area contributed by atoms with Gasteiger partial charge in [0.1, 0.15) is 0 Å². The van der Waals surface area contributed by atoms with Gasteiger partial charge in [0.25, 0.3) is 0 Å². The number of thiazole rings is 1. The van der Waals surface area contributed by atoms with Gasteiger partial charge in [-0.3, -0.25) is 4.40 Å². The van der Waals surface area contributed by atoms with Gasteiger partial charge in [0, 0.05) is 22.6 Å². The summed E-state index contributed by atoms with van der Waals surface area (Å²) in [6.45, 7) is 7.21. The normalized spacial score (nSPS) is 11.5. The molecule has 0 atom stereocenters. The SMILES string of the molecule is CCc1ccc(-c2nc3sc(C)c(CC)n3c2CCN)cc1. The second kappa shape index (κ2) is 6.23. The van der Waals surface area contributed by atoms with E-state index in [4.69, 9.17) is 10.7 Å². The van der Waals surface area contributed by atoms with Crippen LogP contribution in [0.25, 0.3) is 16.2 Å². The van der Waals surface area contributed by atoms with Crippen molar-refractivity contribution in [3.8, 4) is 11.3 Å². The Hall–Kier alpha value is -1.65. The van der Waals surface area contributed by atoms with Crippen LogP contribution < -0.4 is 5.73 Å². The number of imidazole rings is 1. The first-order chi connectivity index (χ1) is 10.7. The fourth-order valence-corrected chi connectivity index (χ4v) is 4.11. The smallest absolute Gasteiger partial charge is 0.194 e. The Morgan fingerprint density at radius 3 is 2.41 bits per heavy atom. The van der Waals surface area contributed by atoms with Crippen molar-refractivity contribution in [3.63, 3.8) is 0 Å². The Balaban J connectivity index is 2.19. The van der Waals surface area contributed by atoms with Gasteiger partial charge in [-0.2, -0.15) is 0 Å². The number of aryl methyl sites for hydroxylation is 3. The van der Waals surface area contributed by atoms with Gasteiger partial charge in [-0.05, 0) is 31.9 Å². The fourth-order valence-electron chi connectivity index (χ4n) is 3.04. The topological polar surface area (TPSA) is 43.3 Å². The number of aromatic nitrogens is 2. The van der Waals surface area contributed by atoms with Gasteiger partial charge in [0.05, 0.1) is 11.4 Å². The van der Waals surface area contributed by atoms with Crippen LogP contribution >= 0.6 is 11.3 Å². The predicted molar refractivity (Wildman–Crippen MR) is 94.8 cm³/mol. The number of hydrogen-bond donors (Lipinski definition) is 1. The molecule has 0 saturated heterocycles. The lowest BCUT2D eigenvalue weighted by molar-refractivity contribution is 0.873. The molecule has 2 aromatic heterocycles. The summed E-state index contributed by atoms with van der Waals surface area (Å²) < 4.78 is 2.33.